The molecule has 2 aliphatic heterocycles. The van der Waals surface area contributed by atoms with Gasteiger partial charge in [0, 0.05) is 44.2 Å². The first-order chi connectivity index (χ1) is 14.0. The number of benzene rings is 1. The highest BCUT2D eigenvalue weighted by Crippen LogP contribution is 2.33. The zero-order valence-corrected chi connectivity index (χ0v) is 21.3. The monoisotopic (exact) mass is 528 g/mol. The fraction of sp³-hybridized carbons (Fsp3) is 0.609. The molecule has 0 spiro atoms. The van der Waals surface area contributed by atoms with Gasteiger partial charge in [-0.2, -0.15) is 0 Å². The molecule has 6 nitrogen and oxygen atoms in total. The second kappa shape index (κ2) is 11.2. The van der Waals surface area contributed by atoms with Crippen LogP contribution in [-0.4, -0.2) is 75.3 Å². The first kappa shape index (κ1) is 24.8. The van der Waals surface area contributed by atoms with Crippen molar-refractivity contribution in [3.8, 4) is 11.5 Å². The zero-order valence-electron chi connectivity index (χ0n) is 19.0. The third kappa shape index (κ3) is 5.81. The molecule has 30 heavy (non-hydrogen) atoms. The molecule has 0 amide bonds. The molecule has 1 atom stereocenters. The van der Waals surface area contributed by atoms with Crippen LogP contribution in [-0.2, 0) is 5.41 Å². The fourth-order valence-corrected chi connectivity index (χ4v) is 4.07. The van der Waals surface area contributed by atoms with E-state index in [-0.39, 0.29) is 29.4 Å². The van der Waals surface area contributed by atoms with E-state index in [1.807, 2.05) is 6.07 Å². The Morgan fingerprint density at radius 1 is 1.17 bits per heavy atom. The largest absolute Gasteiger partial charge is 0.493 e. The summed E-state index contributed by atoms with van der Waals surface area (Å²) in [7, 11) is 3.34. The van der Waals surface area contributed by atoms with Gasteiger partial charge in [0.15, 0.2) is 17.5 Å². The van der Waals surface area contributed by atoms with Gasteiger partial charge in [0.1, 0.15) is 0 Å². The van der Waals surface area contributed by atoms with Gasteiger partial charge in [-0.15, -0.1) is 24.0 Å². The van der Waals surface area contributed by atoms with Gasteiger partial charge in [0.2, 0.25) is 0 Å². The van der Waals surface area contributed by atoms with Gasteiger partial charge in [-0.05, 0) is 31.0 Å². The van der Waals surface area contributed by atoms with Crippen molar-refractivity contribution in [1.29, 1.82) is 0 Å². The minimum atomic E-state index is -0.113. The van der Waals surface area contributed by atoms with E-state index >= 15 is 0 Å². The van der Waals surface area contributed by atoms with Crippen LogP contribution in [0.1, 0.15) is 32.8 Å². The lowest BCUT2D eigenvalue weighted by Gasteiger charge is -2.28. The maximum Gasteiger partial charge on any atom is 0.193 e. The molecule has 1 N–H and O–H groups in total. The maximum absolute atomic E-state index is 5.49. The first-order valence-electron chi connectivity index (χ1n) is 10.6. The molecule has 2 heterocycles. The summed E-state index contributed by atoms with van der Waals surface area (Å²) < 4.78 is 10.9. The molecule has 2 aliphatic rings. The predicted molar refractivity (Wildman–Crippen MR) is 135 cm³/mol. The summed E-state index contributed by atoms with van der Waals surface area (Å²) in [6.45, 7) is 12.4. The molecule has 1 aromatic carbocycles. The summed E-state index contributed by atoms with van der Waals surface area (Å²) in [5.41, 5.74) is 1.08. The molecule has 1 unspecified atom stereocenters. The van der Waals surface area contributed by atoms with Crippen LogP contribution in [0, 0.1) is 0 Å². The smallest absolute Gasteiger partial charge is 0.193 e. The van der Waals surface area contributed by atoms with E-state index in [1.165, 1.54) is 12.0 Å². The molecule has 3 rings (SSSR count). The molecule has 0 saturated carbocycles. The van der Waals surface area contributed by atoms with Gasteiger partial charge in [-0.25, -0.2) is 0 Å². The topological polar surface area (TPSA) is 49.3 Å². The third-order valence-electron chi connectivity index (χ3n) is 5.95. The molecule has 0 aliphatic carbocycles. The molecule has 1 aromatic rings. The Kier molecular flexibility index (Phi) is 9.28. The normalized spacial score (nSPS) is 19.7. The van der Waals surface area contributed by atoms with Gasteiger partial charge in [0.05, 0.1) is 20.8 Å². The van der Waals surface area contributed by atoms with Crippen LogP contribution in [0.3, 0.4) is 0 Å². The van der Waals surface area contributed by atoms with Crippen molar-refractivity contribution >= 4 is 29.9 Å². The van der Waals surface area contributed by atoms with Gasteiger partial charge in [-0.3, -0.25) is 9.89 Å². The van der Waals surface area contributed by atoms with Crippen LogP contribution in [0.5, 0.6) is 11.5 Å². The summed E-state index contributed by atoms with van der Waals surface area (Å²) in [4.78, 5) is 9.99. The number of methoxy groups -OCH3 is 2. The van der Waals surface area contributed by atoms with E-state index in [1.54, 1.807) is 14.2 Å². The highest BCUT2D eigenvalue weighted by atomic mass is 127. The number of nitrogens with one attached hydrogen (secondary N) is 1. The van der Waals surface area contributed by atoms with E-state index in [9.17, 15) is 0 Å². The molecule has 0 aromatic heterocycles. The molecule has 1 fully saturated rings. The quantitative estimate of drug-likeness (QED) is 0.254. The average Bonchev–Trinajstić information content (AvgIpc) is 3.42. The number of likely N-dealkylation sites (tertiary alicyclic amines) is 1. The maximum atomic E-state index is 5.49. The van der Waals surface area contributed by atoms with Gasteiger partial charge in [0.25, 0.3) is 0 Å². The van der Waals surface area contributed by atoms with Crippen molar-refractivity contribution in [3.05, 3.63) is 35.9 Å². The highest BCUT2D eigenvalue weighted by molar-refractivity contribution is 14.0. The number of rotatable bonds is 7. The van der Waals surface area contributed by atoms with Crippen LogP contribution in [0.15, 0.2) is 35.3 Å². The lowest BCUT2D eigenvalue weighted by Crippen LogP contribution is -2.43. The Morgan fingerprint density at radius 3 is 2.50 bits per heavy atom. The van der Waals surface area contributed by atoms with Gasteiger partial charge >= 0.3 is 0 Å². The Bertz CT molecular complexity index is 743. The molecular weight excluding hydrogens is 491 g/mol. The van der Waals surface area contributed by atoms with Crippen LogP contribution in [0.2, 0.25) is 0 Å². The molecule has 0 bridgehead atoms. The van der Waals surface area contributed by atoms with Crippen LogP contribution < -0.4 is 14.8 Å². The lowest BCUT2D eigenvalue weighted by molar-refractivity contribution is 0.259. The second-order valence-electron chi connectivity index (χ2n) is 8.44. The number of hydrogen-bond acceptors (Lipinski definition) is 4. The van der Waals surface area contributed by atoms with Crippen molar-refractivity contribution in [1.82, 2.24) is 15.1 Å². The number of nitrogens with zero attached hydrogens (tertiary/aromatic N) is 3. The molecule has 168 valence electrons. The third-order valence-corrected chi connectivity index (χ3v) is 5.95. The molecule has 7 heteroatoms. The number of guanidine groups is 1. The summed E-state index contributed by atoms with van der Waals surface area (Å²) in [6, 6.07) is 6.76. The zero-order chi connectivity index (χ0) is 20.9. The Morgan fingerprint density at radius 2 is 1.87 bits per heavy atom. The minimum absolute atomic E-state index is 0. The Hall–Kier alpha value is -1.48. The summed E-state index contributed by atoms with van der Waals surface area (Å²) >= 11 is 0. The average molecular weight is 528 g/mol. The van der Waals surface area contributed by atoms with Crippen molar-refractivity contribution in [2.75, 3.05) is 53.5 Å². The van der Waals surface area contributed by atoms with Crippen molar-refractivity contribution in [2.24, 2.45) is 4.99 Å². The van der Waals surface area contributed by atoms with Crippen molar-refractivity contribution in [3.63, 3.8) is 0 Å². The fourth-order valence-electron chi connectivity index (χ4n) is 4.07. The van der Waals surface area contributed by atoms with Crippen LogP contribution >= 0.6 is 24.0 Å². The van der Waals surface area contributed by atoms with Gasteiger partial charge < -0.3 is 19.7 Å². The lowest BCUT2D eigenvalue weighted by atomic mass is 9.84. The predicted octanol–water partition coefficient (Wildman–Crippen LogP) is 3.51. The van der Waals surface area contributed by atoms with Crippen molar-refractivity contribution < 1.29 is 9.47 Å². The molecular formula is C23H37IN4O2. The van der Waals surface area contributed by atoms with E-state index in [0.717, 1.165) is 50.2 Å². The van der Waals surface area contributed by atoms with Crippen LogP contribution in [0.25, 0.3) is 0 Å². The Balaban J connectivity index is 0.00000320. The summed E-state index contributed by atoms with van der Waals surface area (Å²) in [6.07, 6.45) is 5.74. The molecule has 0 radical (unpaired) electrons. The van der Waals surface area contributed by atoms with Crippen LogP contribution in [0.4, 0.5) is 0 Å². The van der Waals surface area contributed by atoms with Crippen molar-refractivity contribution in [2.45, 2.75) is 38.6 Å². The number of halogens is 1. The first-order valence-corrected chi connectivity index (χ1v) is 10.6. The standard InChI is InChI=1S/C23H36N4O2.HI/c1-6-24-22(27-14-11-19(16-27)26-12-7-8-13-26)25-17-23(2,3)18-9-10-20(28-4)21(15-18)29-5;/h7-10,15,19H,6,11-14,16-17H2,1-5H3,(H,24,25);1H. The molecule has 1 saturated heterocycles. The Labute approximate surface area is 198 Å². The van der Waals surface area contributed by atoms with Gasteiger partial charge in [-0.1, -0.05) is 32.1 Å². The van der Waals surface area contributed by atoms with E-state index in [4.69, 9.17) is 14.5 Å². The van der Waals surface area contributed by atoms with E-state index < -0.39 is 0 Å². The van der Waals surface area contributed by atoms with E-state index in [0.29, 0.717) is 12.6 Å². The summed E-state index contributed by atoms with van der Waals surface area (Å²) in [5, 5.41) is 3.50. The summed E-state index contributed by atoms with van der Waals surface area (Å²) in [5.74, 6) is 2.54. The minimum Gasteiger partial charge on any atom is -0.493 e. The second-order valence-corrected chi connectivity index (χ2v) is 8.44. The SMILES string of the molecule is CCNC(=NCC(C)(C)c1ccc(OC)c(OC)c1)N1CCC(N2CC=CC2)C1.I. The number of aliphatic imine (C=N–C) groups is 1. The number of hydrogen-bond donors (Lipinski definition) is 1. The van der Waals surface area contributed by atoms with E-state index in [2.05, 4.69) is 60.2 Å². The number of ether oxygens (including phenoxy) is 2. The highest BCUT2D eigenvalue weighted by Gasteiger charge is 2.30.